The zero-order valence-corrected chi connectivity index (χ0v) is 13.1. The summed E-state index contributed by atoms with van der Waals surface area (Å²) in [6.45, 7) is 0.895. The second kappa shape index (κ2) is 5.66. The van der Waals surface area contributed by atoms with Gasteiger partial charge in [-0.25, -0.2) is 4.39 Å². The first-order chi connectivity index (χ1) is 9.35. The molecule has 0 heterocycles. The summed E-state index contributed by atoms with van der Waals surface area (Å²) in [6, 6.07) is 5.04. The summed E-state index contributed by atoms with van der Waals surface area (Å²) in [4.78, 5) is 4.48. The molecule has 0 aliphatic heterocycles. The Labute approximate surface area is 125 Å². The molecule has 2 rings (SSSR count). The van der Waals surface area contributed by atoms with Crippen molar-refractivity contribution in [3.8, 4) is 0 Å². The summed E-state index contributed by atoms with van der Waals surface area (Å²) in [5.74, 6) is -0.352. The maximum atomic E-state index is 13.9. The van der Waals surface area contributed by atoms with E-state index in [4.69, 9.17) is 18.0 Å². The molecule has 0 unspecified atom stereocenters. The monoisotopic (exact) mass is 295 g/mol. The molecular formula is C15H22FN3S. The first-order valence-corrected chi connectivity index (χ1v) is 7.24. The van der Waals surface area contributed by atoms with Gasteiger partial charge in [0.2, 0.25) is 0 Å². The Morgan fingerprint density at radius 1 is 1.35 bits per heavy atom. The molecular weight excluding hydrogens is 273 g/mol. The molecule has 3 nitrogen and oxygen atoms in total. The molecule has 0 atom stereocenters. The van der Waals surface area contributed by atoms with Crippen molar-refractivity contribution >= 4 is 22.9 Å². The molecule has 1 saturated carbocycles. The number of halogens is 1. The van der Waals surface area contributed by atoms with Crippen molar-refractivity contribution in [1.82, 2.24) is 4.90 Å². The van der Waals surface area contributed by atoms with Gasteiger partial charge in [-0.2, -0.15) is 0 Å². The lowest BCUT2D eigenvalue weighted by atomic mass is 9.75. The van der Waals surface area contributed by atoms with Gasteiger partial charge in [-0.15, -0.1) is 0 Å². The fourth-order valence-corrected chi connectivity index (χ4v) is 2.97. The first-order valence-electron chi connectivity index (χ1n) is 6.84. The second-order valence-electron chi connectivity index (χ2n) is 5.86. The Kier molecular flexibility index (Phi) is 4.30. The second-order valence-corrected chi connectivity index (χ2v) is 6.30. The molecule has 5 heteroatoms. The van der Waals surface area contributed by atoms with E-state index < -0.39 is 0 Å². The number of anilines is 1. The standard InChI is InChI=1S/C15H22FN3S/c1-18(2)15(7-4-8-15)10-19(3)11-5-6-12(14(17)20)13(16)9-11/h5-6,9H,4,7-8,10H2,1-3H3,(H2,17,20). The molecule has 1 aliphatic rings. The van der Waals surface area contributed by atoms with E-state index >= 15 is 0 Å². The number of thiocarbonyl (C=S) groups is 1. The third-order valence-electron chi connectivity index (χ3n) is 4.42. The summed E-state index contributed by atoms with van der Waals surface area (Å²) < 4.78 is 13.9. The van der Waals surface area contributed by atoms with Gasteiger partial charge in [0.05, 0.1) is 0 Å². The van der Waals surface area contributed by atoms with Crippen LogP contribution in [-0.4, -0.2) is 43.1 Å². The molecule has 0 aromatic heterocycles. The summed E-state index contributed by atoms with van der Waals surface area (Å²) in [5.41, 5.74) is 6.86. The van der Waals surface area contributed by atoms with Crippen LogP contribution in [0.5, 0.6) is 0 Å². The van der Waals surface area contributed by atoms with Crippen LogP contribution in [0.15, 0.2) is 18.2 Å². The van der Waals surface area contributed by atoms with Crippen molar-refractivity contribution in [2.75, 3.05) is 32.6 Å². The highest BCUT2D eigenvalue weighted by atomic mass is 32.1. The van der Waals surface area contributed by atoms with Crippen molar-refractivity contribution in [3.05, 3.63) is 29.6 Å². The maximum absolute atomic E-state index is 13.9. The van der Waals surface area contributed by atoms with E-state index in [1.54, 1.807) is 6.07 Å². The van der Waals surface area contributed by atoms with Crippen LogP contribution in [-0.2, 0) is 0 Å². The Morgan fingerprint density at radius 2 is 2.00 bits per heavy atom. The molecule has 0 radical (unpaired) electrons. The zero-order valence-electron chi connectivity index (χ0n) is 12.3. The van der Waals surface area contributed by atoms with Crippen LogP contribution < -0.4 is 10.6 Å². The minimum Gasteiger partial charge on any atom is -0.389 e. The lowest BCUT2D eigenvalue weighted by Gasteiger charge is -2.49. The fourth-order valence-electron chi connectivity index (χ4n) is 2.81. The quantitative estimate of drug-likeness (QED) is 0.846. The van der Waals surface area contributed by atoms with Crippen LogP contribution in [0.4, 0.5) is 10.1 Å². The van der Waals surface area contributed by atoms with Gasteiger partial charge in [0.1, 0.15) is 10.8 Å². The maximum Gasteiger partial charge on any atom is 0.135 e. The highest BCUT2D eigenvalue weighted by Gasteiger charge is 2.39. The van der Waals surface area contributed by atoms with E-state index in [1.807, 2.05) is 13.1 Å². The van der Waals surface area contributed by atoms with Gasteiger partial charge in [-0.3, -0.25) is 0 Å². The van der Waals surface area contributed by atoms with E-state index in [0.29, 0.717) is 5.56 Å². The first kappa shape index (κ1) is 15.2. The predicted octanol–water partition coefficient (Wildman–Crippen LogP) is 2.38. The van der Waals surface area contributed by atoms with E-state index in [-0.39, 0.29) is 16.3 Å². The number of benzene rings is 1. The molecule has 0 bridgehead atoms. The van der Waals surface area contributed by atoms with Crippen molar-refractivity contribution < 1.29 is 4.39 Å². The Balaban J connectivity index is 2.15. The smallest absolute Gasteiger partial charge is 0.135 e. The largest absolute Gasteiger partial charge is 0.389 e. The Hall–Kier alpha value is -1.20. The lowest BCUT2D eigenvalue weighted by Crippen LogP contribution is -2.56. The number of nitrogens with zero attached hydrogens (tertiary/aromatic N) is 2. The molecule has 1 fully saturated rings. The van der Waals surface area contributed by atoms with Crippen LogP contribution in [0.25, 0.3) is 0 Å². The van der Waals surface area contributed by atoms with E-state index in [9.17, 15) is 4.39 Å². The van der Waals surface area contributed by atoms with Gasteiger partial charge in [0.25, 0.3) is 0 Å². The van der Waals surface area contributed by atoms with Gasteiger partial charge in [0, 0.05) is 30.4 Å². The van der Waals surface area contributed by atoms with Crippen molar-refractivity contribution in [3.63, 3.8) is 0 Å². The van der Waals surface area contributed by atoms with Crippen LogP contribution in [0, 0.1) is 5.82 Å². The van der Waals surface area contributed by atoms with Crippen molar-refractivity contribution in [2.24, 2.45) is 5.73 Å². The SMILES string of the molecule is CN(CC1(N(C)C)CCC1)c1ccc(C(N)=S)c(F)c1. The molecule has 0 amide bonds. The molecule has 2 N–H and O–H groups in total. The Morgan fingerprint density at radius 3 is 2.40 bits per heavy atom. The number of nitrogens with two attached hydrogens (primary N) is 1. The molecule has 0 spiro atoms. The summed E-state index contributed by atoms with van der Waals surface area (Å²) in [7, 11) is 6.23. The molecule has 1 aliphatic carbocycles. The topological polar surface area (TPSA) is 32.5 Å². The summed E-state index contributed by atoms with van der Waals surface area (Å²) in [5, 5.41) is 0. The minimum absolute atomic E-state index is 0.0976. The molecule has 20 heavy (non-hydrogen) atoms. The molecule has 0 saturated heterocycles. The fraction of sp³-hybridized carbons (Fsp3) is 0.533. The van der Waals surface area contributed by atoms with Crippen LogP contribution in [0.1, 0.15) is 24.8 Å². The normalized spacial score (nSPS) is 16.9. The summed E-state index contributed by atoms with van der Waals surface area (Å²) >= 11 is 4.83. The average molecular weight is 295 g/mol. The molecule has 1 aromatic carbocycles. The molecule has 110 valence electrons. The minimum atomic E-state index is -0.352. The van der Waals surface area contributed by atoms with Crippen molar-refractivity contribution in [2.45, 2.75) is 24.8 Å². The van der Waals surface area contributed by atoms with Crippen LogP contribution in [0.3, 0.4) is 0 Å². The molecule has 1 aromatic rings. The van der Waals surface area contributed by atoms with Gasteiger partial charge < -0.3 is 15.5 Å². The van der Waals surface area contributed by atoms with Gasteiger partial charge in [-0.1, -0.05) is 12.2 Å². The summed E-state index contributed by atoms with van der Waals surface area (Å²) in [6.07, 6.45) is 3.65. The highest BCUT2D eigenvalue weighted by molar-refractivity contribution is 7.80. The lowest BCUT2D eigenvalue weighted by molar-refractivity contribution is 0.0683. The predicted molar refractivity (Wildman–Crippen MR) is 85.8 cm³/mol. The number of hydrogen-bond donors (Lipinski definition) is 1. The third kappa shape index (κ3) is 2.79. The van der Waals surface area contributed by atoms with E-state index in [0.717, 1.165) is 12.2 Å². The van der Waals surface area contributed by atoms with E-state index in [1.165, 1.54) is 25.3 Å². The zero-order chi connectivity index (χ0) is 14.9. The average Bonchev–Trinajstić information content (AvgIpc) is 2.32. The number of likely N-dealkylation sites (N-methyl/N-ethyl adjacent to an activating group) is 2. The van der Waals surface area contributed by atoms with Gasteiger partial charge >= 0.3 is 0 Å². The van der Waals surface area contributed by atoms with E-state index in [2.05, 4.69) is 23.9 Å². The van der Waals surface area contributed by atoms with Crippen LogP contribution in [0.2, 0.25) is 0 Å². The number of hydrogen-bond acceptors (Lipinski definition) is 3. The van der Waals surface area contributed by atoms with Crippen LogP contribution >= 0.6 is 12.2 Å². The van der Waals surface area contributed by atoms with Crippen molar-refractivity contribution in [1.29, 1.82) is 0 Å². The number of rotatable bonds is 5. The Bertz CT molecular complexity index is 512. The van der Waals surface area contributed by atoms with Gasteiger partial charge in [-0.05, 0) is 51.6 Å². The van der Waals surface area contributed by atoms with Gasteiger partial charge in [0.15, 0.2) is 0 Å². The highest BCUT2D eigenvalue weighted by Crippen LogP contribution is 2.37. The third-order valence-corrected chi connectivity index (χ3v) is 4.64.